The Morgan fingerprint density at radius 2 is 2.12 bits per heavy atom. The van der Waals surface area contributed by atoms with Gasteiger partial charge in [0.15, 0.2) is 0 Å². The molecule has 2 aromatic rings. The van der Waals surface area contributed by atoms with E-state index in [2.05, 4.69) is 37.5 Å². The number of fused-ring (bicyclic) bond motifs is 1. The topological polar surface area (TPSA) is 4.93 Å². The van der Waals surface area contributed by atoms with Gasteiger partial charge in [0, 0.05) is 33.9 Å². The number of benzene rings is 1. The molecule has 92 valence electrons. The first-order valence-electron chi connectivity index (χ1n) is 6.01. The number of aromatic nitrogens is 1. The van der Waals surface area contributed by atoms with E-state index in [1.165, 1.54) is 16.6 Å². The van der Waals surface area contributed by atoms with Gasteiger partial charge in [0.05, 0.1) is 0 Å². The molecule has 0 atom stereocenters. The molecule has 0 radical (unpaired) electrons. The molecular weight excluding hydrogens is 250 g/mol. The van der Waals surface area contributed by atoms with Crippen LogP contribution >= 0.6 is 23.4 Å². The van der Waals surface area contributed by atoms with Crippen LogP contribution in [0.1, 0.15) is 26.5 Å². The molecular formula is C14H18ClNS. The average molecular weight is 268 g/mol. The molecule has 0 aliphatic rings. The van der Waals surface area contributed by atoms with E-state index in [4.69, 9.17) is 11.6 Å². The summed E-state index contributed by atoms with van der Waals surface area (Å²) in [4.78, 5) is 0. The molecule has 0 bridgehead atoms. The second-order valence-corrected chi connectivity index (χ2v) is 6.38. The standard InChI is InChI=1S/C14H18ClNS/c1-4-16-11(9-17-10(2)3)8-12-13(15)6-5-7-14(12)16/h5-8,10H,4,9H2,1-3H3. The number of thioether (sulfide) groups is 1. The minimum Gasteiger partial charge on any atom is -0.344 e. The highest BCUT2D eigenvalue weighted by molar-refractivity contribution is 7.99. The predicted octanol–water partition coefficient (Wildman–Crippen LogP) is 4.96. The monoisotopic (exact) mass is 267 g/mol. The van der Waals surface area contributed by atoms with Gasteiger partial charge >= 0.3 is 0 Å². The number of rotatable bonds is 4. The molecule has 0 amide bonds. The highest BCUT2D eigenvalue weighted by Crippen LogP contribution is 2.29. The largest absolute Gasteiger partial charge is 0.344 e. The first-order chi connectivity index (χ1) is 8.13. The van der Waals surface area contributed by atoms with Crippen molar-refractivity contribution in [3.63, 3.8) is 0 Å². The minimum atomic E-state index is 0.661. The van der Waals surface area contributed by atoms with Gasteiger partial charge in [-0.15, -0.1) is 0 Å². The third-order valence-electron chi connectivity index (χ3n) is 2.86. The summed E-state index contributed by atoms with van der Waals surface area (Å²) >= 11 is 8.21. The Bertz CT molecular complexity index is 516. The van der Waals surface area contributed by atoms with Crippen molar-refractivity contribution in [3.8, 4) is 0 Å². The maximum atomic E-state index is 6.24. The molecule has 0 aliphatic carbocycles. The fourth-order valence-corrected chi connectivity index (χ4v) is 3.02. The predicted molar refractivity (Wildman–Crippen MR) is 79.1 cm³/mol. The summed E-state index contributed by atoms with van der Waals surface area (Å²) in [6.07, 6.45) is 0. The van der Waals surface area contributed by atoms with Gasteiger partial charge < -0.3 is 4.57 Å². The Hall–Kier alpha value is -0.600. The van der Waals surface area contributed by atoms with Crippen molar-refractivity contribution in [3.05, 3.63) is 35.0 Å². The molecule has 1 aromatic carbocycles. The van der Waals surface area contributed by atoms with Gasteiger partial charge in [-0.2, -0.15) is 11.8 Å². The van der Waals surface area contributed by atoms with E-state index >= 15 is 0 Å². The molecule has 0 saturated carbocycles. The van der Waals surface area contributed by atoms with Crippen LogP contribution in [0.2, 0.25) is 5.02 Å². The Balaban J connectivity index is 2.44. The van der Waals surface area contributed by atoms with Crippen LogP contribution in [0.3, 0.4) is 0 Å². The van der Waals surface area contributed by atoms with Crippen LogP contribution in [0.15, 0.2) is 24.3 Å². The second-order valence-electron chi connectivity index (χ2n) is 4.41. The number of aryl methyl sites for hydroxylation is 1. The van der Waals surface area contributed by atoms with Crippen LogP contribution in [-0.4, -0.2) is 9.82 Å². The van der Waals surface area contributed by atoms with Gasteiger partial charge in [0.1, 0.15) is 0 Å². The van der Waals surface area contributed by atoms with E-state index in [0.717, 1.165) is 17.3 Å². The number of halogens is 1. The third-order valence-corrected chi connectivity index (χ3v) is 4.32. The molecule has 2 rings (SSSR count). The molecule has 1 nitrogen and oxygen atoms in total. The van der Waals surface area contributed by atoms with Crippen molar-refractivity contribution in [1.29, 1.82) is 0 Å². The summed E-state index contributed by atoms with van der Waals surface area (Å²) < 4.78 is 2.36. The Morgan fingerprint density at radius 3 is 2.76 bits per heavy atom. The van der Waals surface area contributed by atoms with Gasteiger partial charge in [-0.1, -0.05) is 31.5 Å². The van der Waals surface area contributed by atoms with Crippen molar-refractivity contribution in [2.45, 2.75) is 38.3 Å². The molecule has 1 heterocycles. The van der Waals surface area contributed by atoms with Crippen LogP contribution in [0.25, 0.3) is 10.9 Å². The van der Waals surface area contributed by atoms with Crippen LogP contribution in [-0.2, 0) is 12.3 Å². The second kappa shape index (κ2) is 5.36. The fraction of sp³-hybridized carbons (Fsp3) is 0.429. The van der Waals surface area contributed by atoms with Crippen molar-refractivity contribution in [2.24, 2.45) is 0 Å². The first-order valence-corrected chi connectivity index (χ1v) is 7.44. The van der Waals surface area contributed by atoms with E-state index < -0.39 is 0 Å². The molecule has 1 aromatic heterocycles. The lowest BCUT2D eigenvalue weighted by atomic mass is 10.2. The molecule has 3 heteroatoms. The van der Waals surface area contributed by atoms with Gasteiger partial charge in [0.25, 0.3) is 0 Å². The van der Waals surface area contributed by atoms with Gasteiger partial charge in [0.2, 0.25) is 0 Å². The SMILES string of the molecule is CCn1c(CSC(C)C)cc2c(Cl)cccc21. The zero-order valence-electron chi connectivity index (χ0n) is 10.5. The summed E-state index contributed by atoms with van der Waals surface area (Å²) in [5.41, 5.74) is 2.62. The molecule has 0 aliphatic heterocycles. The zero-order chi connectivity index (χ0) is 12.4. The number of hydrogen-bond donors (Lipinski definition) is 0. The van der Waals surface area contributed by atoms with Crippen LogP contribution in [0.5, 0.6) is 0 Å². The first kappa shape index (κ1) is 12.8. The van der Waals surface area contributed by atoms with Crippen LogP contribution in [0, 0.1) is 0 Å². The van der Waals surface area contributed by atoms with Crippen molar-refractivity contribution < 1.29 is 0 Å². The molecule has 17 heavy (non-hydrogen) atoms. The normalized spacial score (nSPS) is 11.6. The van der Waals surface area contributed by atoms with Crippen LogP contribution in [0.4, 0.5) is 0 Å². The van der Waals surface area contributed by atoms with Crippen molar-refractivity contribution in [2.75, 3.05) is 0 Å². The van der Waals surface area contributed by atoms with Crippen molar-refractivity contribution in [1.82, 2.24) is 4.57 Å². The summed E-state index contributed by atoms with van der Waals surface area (Å²) in [6.45, 7) is 7.65. The Kier molecular flexibility index (Phi) is 4.05. The summed E-state index contributed by atoms with van der Waals surface area (Å²) in [5, 5.41) is 2.69. The third kappa shape index (κ3) is 2.63. The van der Waals surface area contributed by atoms with Crippen molar-refractivity contribution >= 4 is 34.3 Å². The molecule has 0 unspecified atom stereocenters. The van der Waals surface area contributed by atoms with Gasteiger partial charge in [-0.05, 0) is 30.4 Å². The Morgan fingerprint density at radius 1 is 1.35 bits per heavy atom. The lowest BCUT2D eigenvalue weighted by molar-refractivity contribution is 0.765. The van der Waals surface area contributed by atoms with E-state index in [0.29, 0.717) is 5.25 Å². The maximum absolute atomic E-state index is 6.24. The number of hydrogen-bond acceptors (Lipinski definition) is 1. The molecule has 0 spiro atoms. The van der Waals surface area contributed by atoms with E-state index in [1.54, 1.807) is 0 Å². The fourth-order valence-electron chi connectivity index (χ4n) is 2.05. The number of nitrogens with zero attached hydrogens (tertiary/aromatic N) is 1. The molecule has 0 fully saturated rings. The Labute approximate surface area is 112 Å². The average Bonchev–Trinajstić information content (AvgIpc) is 2.65. The smallest absolute Gasteiger partial charge is 0.0499 e. The van der Waals surface area contributed by atoms with Gasteiger partial charge in [-0.25, -0.2) is 0 Å². The molecule has 0 N–H and O–H groups in total. The van der Waals surface area contributed by atoms with Gasteiger partial charge in [-0.3, -0.25) is 0 Å². The highest BCUT2D eigenvalue weighted by atomic mass is 35.5. The maximum Gasteiger partial charge on any atom is 0.0499 e. The molecule has 0 saturated heterocycles. The van der Waals surface area contributed by atoms with Crippen LogP contribution < -0.4 is 0 Å². The minimum absolute atomic E-state index is 0.661. The van der Waals surface area contributed by atoms with E-state index in [1.807, 2.05) is 23.9 Å². The summed E-state index contributed by atoms with van der Waals surface area (Å²) in [6, 6.07) is 8.37. The summed E-state index contributed by atoms with van der Waals surface area (Å²) in [7, 11) is 0. The lowest BCUT2D eigenvalue weighted by Crippen LogP contribution is -2.00. The zero-order valence-corrected chi connectivity index (χ0v) is 12.1. The van der Waals surface area contributed by atoms with E-state index in [-0.39, 0.29) is 0 Å². The summed E-state index contributed by atoms with van der Waals surface area (Å²) in [5.74, 6) is 1.05. The van der Waals surface area contributed by atoms with E-state index in [9.17, 15) is 0 Å². The highest BCUT2D eigenvalue weighted by Gasteiger charge is 2.10. The quantitative estimate of drug-likeness (QED) is 0.758. The lowest BCUT2D eigenvalue weighted by Gasteiger charge is -2.09.